The molecule has 1 aliphatic rings. The van der Waals surface area contributed by atoms with E-state index in [0.29, 0.717) is 0 Å². The Morgan fingerprint density at radius 2 is 2.00 bits per heavy atom. The van der Waals surface area contributed by atoms with Gasteiger partial charge in [0.2, 0.25) is 0 Å². The maximum absolute atomic E-state index is 4.22. The van der Waals surface area contributed by atoms with Crippen molar-refractivity contribution in [2.75, 3.05) is 25.0 Å². The molecule has 106 valence electrons. The molecule has 1 aliphatic heterocycles. The smallest absolute Gasteiger partial charge is 0.0726 e. The Labute approximate surface area is 120 Å². The molecule has 0 aliphatic carbocycles. The molecule has 1 saturated heterocycles. The molecule has 1 aromatic heterocycles. The van der Waals surface area contributed by atoms with Gasteiger partial charge in [0.05, 0.1) is 11.9 Å². The molecule has 4 nitrogen and oxygen atoms in total. The van der Waals surface area contributed by atoms with E-state index in [0.717, 1.165) is 25.3 Å². The Morgan fingerprint density at radius 3 is 2.65 bits per heavy atom. The monoisotopic (exact) mass is 270 g/mol. The topological polar surface area (TPSA) is 41.9 Å². The van der Waals surface area contributed by atoms with Gasteiger partial charge in [-0.3, -0.25) is 4.68 Å². The molecule has 0 atom stereocenters. The van der Waals surface area contributed by atoms with Gasteiger partial charge in [-0.2, -0.15) is 5.10 Å². The minimum atomic E-state index is 0.225. The van der Waals surface area contributed by atoms with Crippen molar-refractivity contribution in [3.8, 4) is 0 Å². The van der Waals surface area contributed by atoms with Crippen molar-refractivity contribution in [3.05, 3.63) is 48.3 Å². The van der Waals surface area contributed by atoms with Gasteiger partial charge < -0.3 is 10.6 Å². The Morgan fingerprint density at radius 1 is 1.25 bits per heavy atom. The zero-order valence-corrected chi connectivity index (χ0v) is 12.0. The van der Waals surface area contributed by atoms with E-state index in [-0.39, 0.29) is 5.41 Å². The molecule has 2 heterocycles. The molecule has 0 amide bonds. The maximum Gasteiger partial charge on any atom is 0.0726 e. The molecule has 0 spiro atoms. The third kappa shape index (κ3) is 2.70. The van der Waals surface area contributed by atoms with Crippen LogP contribution in [0.5, 0.6) is 0 Å². The summed E-state index contributed by atoms with van der Waals surface area (Å²) in [6.45, 7) is 3.14. The molecular weight excluding hydrogens is 248 g/mol. The lowest BCUT2D eigenvalue weighted by molar-refractivity contribution is 0.323. The van der Waals surface area contributed by atoms with Gasteiger partial charge in [0, 0.05) is 25.2 Å². The van der Waals surface area contributed by atoms with Crippen LogP contribution in [0.1, 0.15) is 18.4 Å². The largest absolute Gasteiger partial charge is 0.382 e. The molecular formula is C16H22N4. The number of hydrogen-bond donors (Lipinski definition) is 2. The van der Waals surface area contributed by atoms with Crippen molar-refractivity contribution < 1.29 is 0 Å². The van der Waals surface area contributed by atoms with Crippen LogP contribution in [0.2, 0.25) is 0 Å². The van der Waals surface area contributed by atoms with Crippen molar-refractivity contribution >= 4 is 5.69 Å². The van der Waals surface area contributed by atoms with Crippen molar-refractivity contribution in [1.29, 1.82) is 0 Å². The number of piperidine rings is 1. The van der Waals surface area contributed by atoms with Crippen LogP contribution in [0.15, 0.2) is 42.7 Å². The van der Waals surface area contributed by atoms with E-state index in [1.54, 1.807) is 0 Å². The summed E-state index contributed by atoms with van der Waals surface area (Å²) in [5.74, 6) is 0. The maximum atomic E-state index is 4.22. The minimum absolute atomic E-state index is 0.225. The molecule has 0 radical (unpaired) electrons. The predicted octanol–water partition coefficient (Wildman–Crippen LogP) is 2.15. The summed E-state index contributed by atoms with van der Waals surface area (Å²) in [5, 5.41) is 11.2. The average Bonchev–Trinajstić information content (AvgIpc) is 2.93. The van der Waals surface area contributed by atoms with Crippen molar-refractivity contribution in [1.82, 2.24) is 15.1 Å². The van der Waals surface area contributed by atoms with E-state index in [1.165, 1.54) is 18.4 Å². The zero-order valence-electron chi connectivity index (χ0n) is 12.0. The summed E-state index contributed by atoms with van der Waals surface area (Å²) in [5.41, 5.74) is 2.77. The SMILES string of the molecule is Cn1cc(NCC2(c3ccccc3)CCNCC2)cn1. The van der Waals surface area contributed by atoms with Crippen LogP contribution in [-0.2, 0) is 12.5 Å². The number of benzene rings is 1. The molecule has 0 saturated carbocycles. The summed E-state index contributed by atoms with van der Waals surface area (Å²) < 4.78 is 1.83. The fourth-order valence-corrected chi connectivity index (χ4v) is 3.05. The van der Waals surface area contributed by atoms with Crippen LogP contribution in [0.25, 0.3) is 0 Å². The second kappa shape index (κ2) is 5.67. The number of anilines is 1. The first kappa shape index (κ1) is 13.2. The Balaban J connectivity index is 1.79. The average molecular weight is 270 g/mol. The number of nitrogens with zero attached hydrogens (tertiary/aromatic N) is 2. The van der Waals surface area contributed by atoms with E-state index in [9.17, 15) is 0 Å². The number of hydrogen-bond acceptors (Lipinski definition) is 3. The predicted molar refractivity (Wildman–Crippen MR) is 81.9 cm³/mol. The summed E-state index contributed by atoms with van der Waals surface area (Å²) >= 11 is 0. The fraction of sp³-hybridized carbons (Fsp3) is 0.438. The van der Waals surface area contributed by atoms with E-state index < -0.39 is 0 Å². The van der Waals surface area contributed by atoms with Gasteiger partial charge in [-0.1, -0.05) is 30.3 Å². The number of rotatable bonds is 4. The first-order valence-corrected chi connectivity index (χ1v) is 7.27. The standard InChI is InChI=1S/C16H22N4/c1-20-12-15(11-19-20)18-13-16(7-9-17-10-8-16)14-5-3-2-4-6-14/h2-6,11-12,17-18H,7-10,13H2,1H3. The molecule has 2 aromatic rings. The Bertz CT molecular complexity index is 541. The highest BCUT2D eigenvalue weighted by atomic mass is 15.3. The lowest BCUT2D eigenvalue weighted by Crippen LogP contribution is -2.44. The third-order valence-corrected chi connectivity index (χ3v) is 4.28. The highest BCUT2D eigenvalue weighted by Gasteiger charge is 2.33. The van der Waals surface area contributed by atoms with Crippen LogP contribution < -0.4 is 10.6 Å². The lowest BCUT2D eigenvalue weighted by atomic mass is 9.73. The number of aromatic nitrogens is 2. The quantitative estimate of drug-likeness (QED) is 0.894. The van der Waals surface area contributed by atoms with Crippen molar-refractivity contribution in [2.24, 2.45) is 7.05 Å². The van der Waals surface area contributed by atoms with Gasteiger partial charge in [-0.25, -0.2) is 0 Å². The van der Waals surface area contributed by atoms with Gasteiger partial charge in [-0.15, -0.1) is 0 Å². The molecule has 2 N–H and O–H groups in total. The second-order valence-electron chi connectivity index (χ2n) is 5.65. The molecule has 0 unspecified atom stereocenters. The highest BCUT2D eigenvalue weighted by molar-refractivity contribution is 5.40. The first-order chi connectivity index (χ1) is 9.78. The number of aryl methyl sites for hydroxylation is 1. The van der Waals surface area contributed by atoms with Crippen LogP contribution in [-0.4, -0.2) is 29.4 Å². The minimum Gasteiger partial charge on any atom is -0.382 e. The highest BCUT2D eigenvalue weighted by Crippen LogP contribution is 2.33. The van der Waals surface area contributed by atoms with E-state index in [4.69, 9.17) is 0 Å². The summed E-state index contributed by atoms with van der Waals surface area (Å²) in [6, 6.07) is 10.9. The van der Waals surface area contributed by atoms with E-state index in [1.807, 2.05) is 24.1 Å². The van der Waals surface area contributed by atoms with Crippen molar-refractivity contribution in [3.63, 3.8) is 0 Å². The normalized spacial score (nSPS) is 17.9. The second-order valence-corrected chi connectivity index (χ2v) is 5.65. The van der Waals surface area contributed by atoms with Gasteiger partial charge >= 0.3 is 0 Å². The molecule has 1 fully saturated rings. The lowest BCUT2D eigenvalue weighted by Gasteiger charge is -2.38. The van der Waals surface area contributed by atoms with Gasteiger partial charge in [0.15, 0.2) is 0 Å². The zero-order chi connectivity index (χ0) is 13.8. The van der Waals surface area contributed by atoms with Crippen LogP contribution in [0.3, 0.4) is 0 Å². The molecule has 4 heteroatoms. The third-order valence-electron chi connectivity index (χ3n) is 4.28. The summed E-state index contributed by atoms with van der Waals surface area (Å²) in [7, 11) is 1.95. The van der Waals surface area contributed by atoms with Gasteiger partial charge in [0.25, 0.3) is 0 Å². The van der Waals surface area contributed by atoms with Gasteiger partial charge in [-0.05, 0) is 31.5 Å². The Kier molecular flexibility index (Phi) is 3.74. The summed E-state index contributed by atoms with van der Waals surface area (Å²) in [4.78, 5) is 0. The van der Waals surface area contributed by atoms with Crippen molar-refractivity contribution in [2.45, 2.75) is 18.3 Å². The number of nitrogens with one attached hydrogen (secondary N) is 2. The molecule has 3 rings (SSSR count). The molecule has 20 heavy (non-hydrogen) atoms. The molecule has 0 bridgehead atoms. The summed E-state index contributed by atoms with van der Waals surface area (Å²) in [6.07, 6.45) is 6.26. The fourth-order valence-electron chi connectivity index (χ4n) is 3.05. The van der Waals surface area contributed by atoms with E-state index >= 15 is 0 Å². The molecule has 1 aromatic carbocycles. The van der Waals surface area contributed by atoms with Crippen LogP contribution >= 0.6 is 0 Å². The van der Waals surface area contributed by atoms with Crippen LogP contribution in [0, 0.1) is 0 Å². The van der Waals surface area contributed by atoms with E-state index in [2.05, 4.69) is 46.1 Å². The first-order valence-electron chi connectivity index (χ1n) is 7.27. The van der Waals surface area contributed by atoms with Crippen LogP contribution in [0.4, 0.5) is 5.69 Å². The Hall–Kier alpha value is -1.81. The van der Waals surface area contributed by atoms with Gasteiger partial charge in [0.1, 0.15) is 0 Å².